The van der Waals surface area contributed by atoms with Crippen LogP contribution in [0.5, 0.6) is 5.75 Å². The Labute approximate surface area is 158 Å². The van der Waals surface area contributed by atoms with Crippen molar-refractivity contribution in [2.24, 2.45) is 0 Å². The summed E-state index contributed by atoms with van der Waals surface area (Å²) >= 11 is 12.3. The number of pyridine rings is 1. The summed E-state index contributed by atoms with van der Waals surface area (Å²) in [6.07, 6.45) is 2.90. The van der Waals surface area contributed by atoms with E-state index in [0.29, 0.717) is 22.4 Å². The minimum atomic E-state index is 0.0207. The molecule has 1 aromatic heterocycles. The molecular formula is C19H22Cl2N2O2. The fraction of sp³-hybridized carbons (Fsp3) is 0.421. The van der Waals surface area contributed by atoms with Gasteiger partial charge in [0.15, 0.2) is 0 Å². The highest BCUT2D eigenvalue weighted by atomic mass is 35.5. The Bertz CT molecular complexity index is 672. The number of aromatic nitrogens is 1. The fourth-order valence-corrected chi connectivity index (χ4v) is 3.40. The molecule has 0 bridgehead atoms. The topological polar surface area (TPSA) is 34.6 Å². The monoisotopic (exact) mass is 380 g/mol. The van der Waals surface area contributed by atoms with Gasteiger partial charge in [0.1, 0.15) is 18.5 Å². The first-order chi connectivity index (χ1) is 12.2. The second kappa shape index (κ2) is 8.86. The van der Waals surface area contributed by atoms with E-state index in [1.165, 1.54) is 0 Å². The Hall–Kier alpha value is -1.33. The number of nitrogens with zero attached hydrogens (tertiary/aromatic N) is 2. The molecule has 0 N–H and O–H groups in total. The Morgan fingerprint density at radius 1 is 1.24 bits per heavy atom. The second-order valence-electron chi connectivity index (χ2n) is 6.07. The van der Waals surface area contributed by atoms with Crippen LogP contribution < -0.4 is 4.74 Å². The molecule has 2 aromatic rings. The summed E-state index contributed by atoms with van der Waals surface area (Å²) in [6, 6.07) is 9.29. The SMILES string of the molecule is CCCN1CCOC(c2ccc(OCc3c(Cl)cccc3Cl)cn2)C1. The molecule has 1 aliphatic heterocycles. The third kappa shape index (κ3) is 4.85. The van der Waals surface area contributed by atoms with Crippen molar-refractivity contribution in [1.29, 1.82) is 0 Å². The minimum Gasteiger partial charge on any atom is -0.487 e. The number of hydrogen-bond acceptors (Lipinski definition) is 4. The molecule has 2 heterocycles. The lowest BCUT2D eigenvalue weighted by molar-refractivity contribution is -0.0319. The Morgan fingerprint density at radius 3 is 2.72 bits per heavy atom. The number of hydrogen-bond donors (Lipinski definition) is 0. The lowest BCUT2D eigenvalue weighted by atomic mass is 10.2. The van der Waals surface area contributed by atoms with E-state index in [-0.39, 0.29) is 6.10 Å². The summed E-state index contributed by atoms with van der Waals surface area (Å²) in [5.74, 6) is 0.681. The van der Waals surface area contributed by atoms with Crippen molar-refractivity contribution in [3.8, 4) is 5.75 Å². The van der Waals surface area contributed by atoms with Crippen LogP contribution in [0.1, 0.15) is 30.7 Å². The molecule has 1 atom stereocenters. The minimum absolute atomic E-state index is 0.0207. The molecule has 4 nitrogen and oxygen atoms in total. The molecule has 1 saturated heterocycles. The average molecular weight is 381 g/mol. The molecule has 25 heavy (non-hydrogen) atoms. The molecule has 1 aliphatic rings. The van der Waals surface area contributed by atoms with E-state index in [0.717, 1.165) is 43.9 Å². The van der Waals surface area contributed by atoms with Crippen molar-refractivity contribution in [1.82, 2.24) is 9.88 Å². The van der Waals surface area contributed by atoms with Gasteiger partial charge in [0.2, 0.25) is 0 Å². The summed E-state index contributed by atoms with van der Waals surface area (Å²) in [6.45, 7) is 6.22. The summed E-state index contributed by atoms with van der Waals surface area (Å²) in [4.78, 5) is 6.93. The molecule has 1 unspecified atom stereocenters. The first kappa shape index (κ1) is 18.5. The molecular weight excluding hydrogens is 359 g/mol. The van der Waals surface area contributed by atoms with Gasteiger partial charge >= 0.3 is 0 Å². The average Bonchev–Trinajstić information content (AvgIpc) is 2.62. The van der Waals surface area contributed by atoms with E-state index in [1.54, 1.807) is 18.3 Å². The lowest BCUT2D eigenvalue weighted by Gasteiger charge is -2.32. The zero-order chi connectivity index (χ0) is 17.6. The van der Waals surface area contributed by atoms with Crippen molar-refractivity contribution in [3.63, 3.8) is 0 Å². The highest BCUT2D eigenvalue weighted by molar-refractivity contribution is 6.35. The van der Waals surface area contributed by atoms with Gasteiger partial charge in [-0.15, -0.1) is 0 Å². The van der Waals surface area contributed by atoms with Crippen molar-refractivity contribution in [2.75, 3.05) is 26.2 Å². The number of morpholine rings is 1. The lowest BCUT2D eigenvalue weighted by Crippen LogP contribution is -2.38. The van der Waals surface area contributed by atoms with Crippen LogP contribution in [0.15, 0.2) is 36.5 Å². The van der Waals surface area contributed by atoms with Crippen LogP contribution in [0.4, 0.5) is 0 Å². The van der Waals surface area contributed by atoms with Gasteiger partial charge in [0.25, 0.3) is 0 Å². The molecule has 0 amide bonds. The third-order valence-corrected chi connectivity index (χ3v) is 4.93. The molecule has 0 radical (unpaired) electrons. The number of halogens is 2. The Kier molecular flexibility index (Phi) is 6.54. The quantitative estimate of drug-likeness (QED) is 0.723. The molecule has 1 fully saturated rings. The summed E-state index contributed by atoms with van der Waals surface area (Å²) in [5.41, 5.74) is 1.71. The van der Waals surface area contributed by atoms with Gasteiger partial charge in [-0.25, -0.2) is 0 Å². The van der Waals surface area contributed by atoms with E-state index in [1.807, 2.05) is 18.2 Å². The van der Waals surface area contributed by atoms with Crippen LogP contribution in [0, 0.1) is 0 Å². The molecule has 3 rings (SSSR count). The maximum atomic E-state index is 6.16. The molecule has 6 heteroatoms. The van der Waals surface area contributed by atoms with Gasteiger partial charge < -0.3 is 9.47 Å². The van der Waals surface area contributed by atoms with Gasteiger partial charge in [-0.2, -0.15) is 0 Å². The molecule has 0 spiro atoms. The van der Waals surface area contributed by atoms with Crippen LogP contribution in [0.3, 0.4) is 0 Å². The normalized spacial score (nSPS) is 18.3. The number of rotatable bonds is 6. The van der Waals surface area contributed by atoms with E-state index in [2.05, 4.69) is 16.8 Å². The largest absolute Gasteiger partial charge is 0.487 e. The summed E-state index contributed by atoms with van der Waals surface area (Å²) < 4.78 is 11.6. The van der Waals surface area contributed by atoms with Crippen molar-refractivity contribution >= 4 is 23.2 Å². The van der Waals surface area contributed by atoms with Crippen molar-refractivity contribution in [2.45, 2.75) is 26.1 Å². The number of ether oxygens (including phenoxy) is 2. The number of benzene rings is 1. The standard InChI is InChI=1S/C19H22Cl2N2O2/c1-2-8-23-9-10-24-19(12-23)18-7-6-14(11-22-18)25-13-15-16(20)4-3-5-17(15)21/h3-7,11,19H,2,8-10,12-13H2,1H3. The van der Waals surface area contributed by atoms with Crippen LogP contribution >= 0.6 is 23.2 Å². The summed E-state index contributed by atoms with van der Waals surface area (Å²) in [5, 5.41) is 1.20. The third-order valence-electron chi connectivity index (χ3n) is 4.22. The summed E-state index contributed by atoms with van der Waals surface area (Å²) in [7, 11) is 0. The molecule has 0 aliphatic carbocycles. The van der Waals surface area contributed by atoms with Gasteiger partial charge in [-0.3, -0.25) is 9.88 Å². The molecule has 0 saturated carbocycles. The van der Waals surface area contributed by atoms with E-state index < -0.39 is 0 Å². The fourth-order valence-electron chi connectivity index (χ4n) is 2.89. The van der Waals surface area contributed by atoms with Crippen molar-refractivity contribution < 1.29 is 9.47 Å². The van der Waals surface area contributed by atoms with E-state index in [4.69, 9.17) is 32.7 Å². The first-order valence-corrected chi connectivity index (χ1v) is 9.28. The van der Waals surface area contributed by atoms with Gasteiger partial charge in [-0.1, -0.05) is 36.2 Å². The maximum Gasteiger partial charge on any atom is 0.138 e. The van der Waals surface area contributed by atoms with Crippen LogP contribution in [-0.4, -0.2) is 36.1 Å². The van der Waals surface area contributed by atoms with E-state index >= 15 is 0 Å². The maximum absolute atomic E-state index is 6.16. The molecule has 134 valence electrons. The zero-order valence-electron chi connectivity index (χ0n) is 14.3. The van der Waals surface area contributed by atoms with Crippen LogP contribution in [0.25, 0.3) is 0 Å². The van der Waals surface area contributed by atoms with Gasteiger partial charge in [-0.05, 0) is 37.2 Å². The Morgan fingerprint density at radius 2 is 2.04 bits per heavy atom. The van der Waals surface area contributed by atoms with Gasteiger partial charge in [0.05, 0.1) is 18.5 Å². The zero-order valence-corrected chi connectivity index (χ0v) is 15.8. The van der Waals surface area contributed by atoms with Gasteiger partial charge in [0, 0.05) is 28.7 Å². The predicted molar refractivity (Wildman–Crippen MR) is 100 cm³/mol. The second-order valence-corrected chi connectivity index (χ2v) is 6.88. The van der Waals surface area contributed by atoms with Crippen LogP contribution in [-0.2, 0) is 11.3 Å². The van der Waals surface area contributed by atoms with Crippen LogP contribution in [0.2, 0.25) is 10.0 Å². The predicted octanol–water partition coefficient (Wildman–Crippen LogP) is 4.75. The van der Waals surface area contributed by atoms with E-state index in [9.17, 15) is 0 Å². The smallest absolute Gasteiger partial charge is 0.138 e. The first-order valence-electron chi connectivity index (χ1n) is 8.53. The highest BCUT2D eigenvalue weighted by Crippen LogP contribution is 2.26. The molecule has 1 aromatic carbocycles. The van der Waals surface area contributed by atoms with Crippen molar-refractivity contribution in [3.05, 3.63) is 57.8 Å². The highest BCUT2D eigenvalue weighted by Gasteiger charge is 2.22. The Balaban J connectivity index is 1.60.